The second-order valence-corrected chi connectivity index (χ2v) is 7.98. The van der Waals surface area contributed by atoms with Gasteiger partial charge in [-0.15, -0.1) is 5.10 Å². The number of amides is 1. The van der Waals surface area contributed by atoms with Gasteiger partial charge in [-0.05, 0) is 44.5 Å². The zero-order chi connectivity index (χ0) is 20.4. The highest BCUT2D eigenvalue weighted by Crippen LogP contribution is 2.34. The molecule has 0 spiro atoms. The number of carbonyl (C=O) groups excluding carboxylic acids is 1. The Morgan fingerprint density at radius 3 is 2.45 bits per heavy atom. The number of carbonyl (C=O) groups is 1. The van der Waals surface area contributed by atoms with E-state index < -0.39 is 5.25 Å². The van der Waals surface area contributed by atoms with Crippen molar-refractivity contribution in [2.75, 3.05) is 5.32 Å². The molecule has 0 saturated carbocycles. The molecule has 2 aromatic heterocycles. The van der Waals surface area contributed by atoms with Crippen molar-refractivity contribution in [1.82, 2.24) is 19.6 Å². The fourth-order valence-corrected chi connectivity index (χ4v) is 3.98. The van der Waals surface area contributed by atoms with Gasteiger partial charge in [0.25, 0.3) is 5.78 Å². The number of nitrogens with zero attached hydrogens (tertiary/aromatic N) is 4. The highest BCUT2D eigenvalue weighted by Gasteiger charge is 2.24. The number of aryl methyl sites for hydroxylation is 3. The zero-order valence-electron chi connectivity index (χ0n) is 16.5. The third kappa shape index (κ3) is 4.30. The molecule has 1 amide bonds. The Morgan fingerprint density at radius 1 is 1.00 bits per heavy atom. The van der Waals surface area contributed by atoms with Gasteiger partial charge < -0.3 is 5.32 Å². The molecule has 2 heterocycles. The van der Waals surface area contributed by atoms with Crippen LogP contribution in [-0.2, 0) is 4.79 Å². The topological polar surface area (TPSA) is 72.2 Å². The smallest absolute Gasteiger partial charge is 0.253 e. The molecule has 0 fully saturated rings. The number of nitrogens with one attached hydrogen (secondary N) is 1. The summed E-state index contributed by atoms with van der Waals surface area (Å²) in [6.07, 6.45) is 0. The van der Waals surface area contributed by atoms with Crippen LogP contribution < -0.4 is 5.32 Å². The van der Waals surface area contributed by atoms with Gasteiger partial charge in [-0.2, -0.15) is 4.98 Å². The predicted molar refractivity (Wildman–Crippen MR) is 115 cm³/mol. The van der Waals surface area contributed by atoms with Crippen molar-refractivity contribution >= 4 is 29.1 Å². The molecule has 6 nitrogen and oxygen atoms in total. The van der Waals surface area contributed by atoms with Crippen LogP contribution in [0.2, 0.25) is 0 Å². The number of anilines is 1. The van der Waals surface area contributed by atoms with Gasteiger partial charge in [-0.1, -0.05) is 59.8 Å². The van der Waals surface area contributed by atoms with Crippen LogP contribution in [0.5, 0.6) is 0 Å². The molecule has 2 aromatic carbocycles. The van der Waals surface area contributed by atoms with E-state index in [1.54, 1.807) is 4.52 Å². The van der Waals surface area contributed by atoms with Crippen molar-refractivity contribution in [3.63, 3.8) is 0 Å². The third-order valence-electron chi connectivity index (χ3n) is 4.48. The average molecular weight is 404 g/mol. The molecular formula is C22H21N5OS. The van der Waals surface area contributed by atoms with Gasteiger partial charge in [-0.25, -0.2) is 9.50 Å². The lowest BCUT2D eigenvalue weighted by Crippen LogP contribution is -2.19. The van der Waals surface area contributed by atoms with E-state index >= 15 is 0 Å². The van der Waals surface area contributed by atoms with Gasteiger partial charge in [0.15, 0.2) is 0 Å². The fraction of sp³-hybridized carbons (Fsp3) is 0.182. The maximum absolute atomic E-state index is 13.1. The summed E-state index contributed by atoms with van der Waals surface area (Å²) in [6.45, 7) is 5.90. The molecule has 4 rings (SSSR count). The molecule has 0 aliphatic heterocycles. The van der Waals surface area contributed by atoms with Gasteiger partial charge in [0, 0.05) is 17.1 Å². The van der Waals surface area contributed by atoms with Gasteiger partial charge in [-0.3, -0.25) is 4.79 Å². The van der Waals surface area contributed by atoms with Crippen molar-refractivity contribution < 1.29 is 4.79 Å². The lowest BCUT2D eigenvalue weighted by atomic mass is 10.1. The molecule has 4 aromatic rings. The van der Waals surface area contributed by atoms with E-state index in [1.807, 2.05) is 81.4 Å². The van der Waals surface area contributed by atoms with Gasteiger partial charge in [0.2, 0.25) is 11.1 Å². The monoisotopic (exact) mass is 403 g/mol. The maximum atomic E-state index is 13.1. The Balaban J connectivity index is 1.65. The van der Waals surface area contributed by atoms with Crippen LogP contribution in [0.1, 0.15) is 27.8 Å². The first-order valence-electron chi connectivity index (χ1n) is 9.30. The number of benzene rings is 2. The Hall–Kier alpha value is -3.19. The number of hydrogen-bond acceptors (Lipinski definition) is 5. The molecule has 1 N–H and O–H groups in total. The van der Waals surface area contributed by atoms with Gasteiger partial charge in [0.05, 0.1) is 0 Å². The minimum atomic E-state index is -0.490. The summed E-state index contributed by atoms with van der Waals surface area (Å²) in [5.74, 6) is 0.417. The third-order valence-corrected chi connectivity index (χ3v) is 5.59. The van der Waals surface area contributed by atoms with Gasteiger partial charge >= 0.3 is 0 Å². The molecule has 7 heteroatoms. The summed E-state index contributed by atoms with van der Waals surface area (Å²) in [7, 11) is 0. The predicted octanol–water partition coefficient (Wildman–Crippen LogP) is 4.52. The quantitative estimate of drug-likeness (QED) is 0.496. The summed E-state index contributed by atoms with van der Waals surface area (Å²) in [4.78, 5) is 22.1. The highest BCUT2D eigenvalue weighted by atomic mass is 32.2. The molecule has 0 aliphatic carbocycles. The summed E-state index contributed by atoms with van der Waals surface area (Å²) >= 11 is 1.32. The standard InChI is InChI=1S/C22H21N5OS/c1-14-9-11-18(12-10-14)24-20(28)19(17-7-5-4-6-8-17)29-22-25-21-23-15(2)13-16(3)27(21)26-22/h4-13,19H,1-3H3,(H,24,28)/t19-/m1/s1. The first-order valence-corrected chi connectivity index (χ1v) is 10.2. The fourth-order valence-electron chi connectivity index (χ4n) is 3.05. The van der Waals surface area contributed by atoms with E-state index in [0.717, 1.165) is 28.2 Å². The van der Waals surface area contributed by atoms with E-state index in [2.05, 4.69) is 20.4 Å². The number of aromatic nitrogens is 4. The van der Waals surface area contributed by atoms with E-state index in [1.165, 1.54) is 11.8 Å². The lowest BCUT2D eigenvalue weighted by molar-refractivity contribution is -0.115. The van der Waals surface area contributed by atoms with E-state index in [4.69, 9.17) is 0 Å². The number of rotatable bonds is 5. The molecule has 146 valence electrons. The van der Waals surface area contributed by atoms with Crippen LogP contribution in [0.3, 0.4) is 0 Å². The van der Waals surface area contributed by atoms with Crippen LogP contribution in [0.4, 0.5) is 5.69 Å². The van der Waals surface area contributed by atoms with Crippen LogP contribution in [0, 0.1) is 20.8 Å². The maximum Gasteiger partial charge on any atom is 0.253 e. The Bertz CT molecular complexity index is 1160. The second kappa shape index (κ2) is 8.05. The molecule has 0 radical (unpaired) electrons. The van der Waals surface area contributed by atoms with Gasteiger partial charge in [0.1, 0.15) is 5.25 Å². The molecule has 0 saturated heterocycles. The van der Waals surface area contributed by atoms with Crippen molar-refractivity contribution in [3.8, 4) is 0 Å². The summed E-state index contributed by atoms with van der Waals surface area (Å²) in [5.41, 5.74) is 4.63. The zero-order valence-corrected chi connectivity index (χ0v) is 17.3. The highest BCUT2D eigenvalue weighted by molar-refractivity contribution is 8.00. The van der Waals surface area contributed by atoms with Crippen LogP contribution in [-0.4, -0.2) is 25.5 Å². The summed E-state index contributed by atoms with van der Waals surface area (Å²) in [6, 6.07) is 19.4. The lowest BCUT2D eigenvalue weighted by Gasteiger charge is -2.15. The van der Waals surface area contributed by atoms with Crippen LogP contribution in [0.25, 0.3) is 5.78 Å². The van der Waals surface area contributed by atoms with Crippen LogP contribution in [0.15, 0.2) is 65.8 Å². The Kier molecular flexibility index (Phi) is 5.31. The molecule has 0 bridgehead atoms. The normalized spacial score (nSPS) is 12.1. The van der Waals surface area contributed by atoms with E-state index in [-0.39, 0.29) is 5.91 Å². The molecular weight excluding hydrogens is 382 g/mol. The van der Waals surface area contributed by atoms with E-state index in [9.17, 15) is 4.79 Å². The number of fused-ring (bicyclic) bond motifs is 1. The summed E-state index contributed by atoms with van der Waals surface area (Å²) in [5, 5.41) is 7.57. The summed E-state index contributed by atoms with van der Waals surface area (Å²) < 4.78 is 1.70. The molecule has 0 aliphatic rings. The minimum Gasteiger partial charge on any atom is -0.325 e. The first kappa shape index (κ1) is 19.1. The number of thioether (sulfide) groups is 1. The average Bonchev–Trinajstić information content (AvgIpc) is 3.11. The van der Waals surface area contributed by atoms with Crippen LogP contribution >= 0.6 is 11.8 Å². The largest absolute Gasteiger partial charge is 0.325 e. The number of hydrogen-bond donors (Lipinski definition) is 1. The molecule has 0 unspecified atom stereocenters. The molecule has 29 heavy (non-hydrogen) atoms. The minimum absolute atomic E-state index is 0.121. The Morgan fingerprint density at radius 2 is 1.72 bits per heavy atom. The van der Waals surface area contributed by atoms with Crippen molar-refractivity contribution in [2.45, 2.75) is 31.2 Å². The second-order valence-electron chi connectivity index (χ2n) is 6.91. The van der Waals surface area contributed by atoms with Crippen molar-refractivity contribution in [3.05, 3.63) is 83.2 Å². The SMILES string of the molecule is Cc1ccc(NC(=O)[C@H](Sc2nc3nc(C)cc(C)n3n2)c2ccccc2)cc1. The van der Waals surface area contributed by atoms with Crippen molar-refractivity contribution in [2.24, 2.45) is 0 Å². The Labute approximate surface area is 173 Å². The van der Waals surface area contributed by atoms with Crippen molar-refractivity contribution in [1.29, 1.82) is 0 Å². The molecule has 1 atom stereocenters. The first-order chi connectivity index (χ1) is 14.0. The van der Waals surface area contributed by atoms with E-state index in [0.29, 0.717) is 10.9 Å².